The number of rotatable bonds is 11. The van der Waals surface area contributed by atoms with Crippen LogP contribution in [0, 0.1) is 0 Å². The third-order valence-corrected chi connectivity index (χ3v) is 4.30. The Morgan fingerprint density at radius 3 is 2.48 bits per heavy atom. The zero-order valence-corrected chi connectivity index (χ0v) is 16.4. The van der Waals surface area contributed by atoms with Crippen LogP contribution in [0.1, 0.15) is 41.3 Å². The summed E-state index contributed by atoms with van der Waals surface area (Å²) in [5, 5.41) is 2.97. The van der Waals surface area contributed by atoms with Crippen molar-refractivity contribution >= 4 is 5.91 Å². The molecule has 2 aromatic carbocycles. The van der Waals surface area contributed by atoms with Crippen molar-refractivity contribution in [3.05, 3.63) is 59.2 Å². The fourth-order valence-corrected chi connectivity index (χ4v) is 2.68. The molecule has 0 saturated carbocycles. The van der Waals surface area contributed by atoms with Crippen LogP contribution in [0.25, 0.3) is 0 Å². The van der Waals surface area contributed by atoms with E-state index >= 15 is 0 Å². The molecular formula is C22H29NO4. The molecule has 1 amide bonds. The molecule has 5 heteroatoms. The van der Waals surface area contributed by atoms with Crippen LogP contribution in [0.5, 0.6) is 11.5 Å². The number of carbonyl (C=O) groups excluding carboxylic acids is 1. The minimum absolute atomic E-state index is 0.0963. The van der Waals surface area contributed by atoms with Crippen molar-refractivity contribution in [3.63, 3.8) is 0 Å². The van der Waals surface area contributed by atoms with Gasteiger partial charge in [-0.2, -0.15) is 0 Å². The van der Waals surface area contributed by atoms with E-state index in [0.717, 1.165) is 41.9 Å². The number of hydrogen-bond acceptors (Lipinski definition) is 4. The summed E-state index contributed by atoms with van der Waals surface area (Å²) >= 11 is 0. The molecule has 0 radical (unpaired) electrons. The van der Waals surface area contributed by atoms with E-state index in [4.69, 9.17) is 14.2 Å². The second kappa shape index (κ2) is 11.2. The number of benzene rings is 2. The van der Waals surface area contributed by atoms with Crippen molar-refractivity contribution in [1.29, 1.82) is 0 Å². The van der Waals surface area contributed by atoms with Gasteiger partial charge in [-0.15, -0.1) is 0 Å². The summed E-state index contributed by atoms with van der Waals surface area (Å²) in [4.78, 5) is 12.5. The largest absolute Gasteiger partial charge is 0.497 e. The highest BCUT2D eigenvalue weighted by molar-refractivity contribution is 5.94. The highest BCUT2D eigenvalue weighted by Crippen LogP contribution is 2.21. The highest BCUT2D eigenvalue weighted by Gasteiger charge is 2.10. The van der Waals surface area contributed by atoms with Gasteiger partial charge < -0.3 is 19.5 Å². The van der Waals surface area contributed by atoms with Crippen LogP contribution < -0.4 is 14.8 Å². The second-order valence-corrected chi connectivity index (χ2v) is 6.29. The first-order valence-corrected chi connectivity index (χ1v) is 9.33. The number of unbranched alkanes of at least 4 members (excludes halogenated alkanes) is 1. The Labute approximate surface area is 161 Å². The Balaban J connectivity index is 1.90. The van der Waals surface area contributed by atoms with Gasteiger partial charge in [-0.05, 0) is 48.7 Å². The van der Waals surface area contributed by atoms with Crippen LogP contribution >= 0.6 is 0 Å². The van der Waals surface area contributed by atoms with Gasteiger partial charge >= 0.3 is 0 Å². The third kappa shape index (κ3) is 6.61. The van der Waals surface area contributed by atoms with Gasteiger partial charge in [0, 0.05) is 24.3 Å². The van der Waals surface area contributed by atoms with Crippen LogP contribution in [0.4, 0.5) is 0 Å². The van der Waals surface area contributed by atoms with Gasteiger partial charge in [0.1, 0.15) is 11.5 Å². The van der Waals surface area contributed by atoms with Crippen molar-refractivity contribution in [2.75, 3.05) is 27.4 Å². The van der Waals surface area contributed by atoms with Crippen molar-refractivity contribution < 1.29 is 19.0 Å². The average Bonchev–Trinajstić information content (AvgIpc) is 2.71. The predicted octanol–water partition coefficient (Wildman–Crippen LogP) is 3.99. The van der Waals surface area contributed by atoms with Crippen molar-refractivity contribution in [2.24, 2.45) is 0 Å². The van der Waals surface area contributed by atoms with Gasteiger partial charge in [0.2, 0.25) is 0 Å². The van der Waals surface area contributed by atoms with E-state index in [1.54, 1.807) is 20.3 Å². The Morgan fingerprint density at radius 2 is 1.81 bits per heavy atom. The number of amides is 1. The second-order valence-electron chi connectivity index (χ2n) is 6.29. The number of ether oxygens (including phenoxy) is 3. The quantitative estimate of drug-likeness (QED) is 0.607. The monoisotopic (exact) mass is 371 g/mol. The smallest absolute Gasteiger partial charge is 0.251 e. The molecule has 0 spiro atoms. The molecule has 0 heterocycles. The lowest BCUT2D eigenvalue weighted by Crippen LogP contribution is -2.25. The molecule has 0 bridgehead atoms. The van der Waals surface area contributed by atoms with Crippen molar-refractivity contribution in [1.82, 2.24) is 5.32 Å². The molecule has 0 aromatic heterocycles. The SMILES string of the molecule is CCCCOCc1cc(C(=O)NCCc2ccc(OC)cc2)ccc1OC. The van der Waals surface area contributed by atoms with Gasteiger partial charge in [-0.1, -0.05) is 25.5 Å². The normalized spacial score (nSPS) is 10.5. The summed E-state index contributed by atoms with van der Waals surface area (Å²) in [7, 11) is 3.27. The molecule has 0 aliphatic carbocycles. The van der Waals surface area contributed by atoms with E-state index in [1.807, 2.05) is 36.4 Å². The summed E-state index contributed by atoms with van der Waals surface area (Å²) in [5.41, 5.74) is 2.65. The molecular weight excluding hydrogens is 342 g/mol. The number of hydrogen-bond donors (Lipinski definition) is 1. The van der Waals surface area contributed by atoms with E-state index < -0.39 is 0 Å². The lowest BCUT2D eigenvalue weighted by molar-refractivity contribution is 0.0953. The lowest BCUT2D eigenvalue weighted by Gasteiger charge is -2.12. The zero-order valence-electron chi connectivity index (χ0n) is 16.4. The maximum atomic E-state index is 12.5. The highest BCUT2D eigenvalue weighted by atomic mass is 16.5. The maximum Gasteiger partial charge on any atom is 0.251 e. The molecule has 146 valence electrons. The fraction of sp³-hybridized carbons (Fsp3) is 0.409. The first kappa shape index (κ1) is 20.8. The van der Waals surface area contributed by atoms with E-state index in [1.165, 1.54) is 0 Å². The average molecular weight is 371 g/mol. The predicted molar refractivity (Wildman–Crippen MR) is 107 cm³/mol. The maximum absolute atomic E-state index is 12.5. The van der Waals surface area contributed by atoms with Crippen molar-refractivity contribution in [2.45, 2.75) is 32.8 Å². The third-order valence-electron chi connectivity index (χ3n) is 4.30. The van der Waals surface area contributed by atoms with Crippen molar-refractivity contribution in [3.8, 4) is 11.5 Å². The van der Waals surface area contributed by atoms with E-state index in [9.17, 15) is 4.79 Å². The van der Waals surface area contributed by atoms with Gasteiger partial charge in [-0.3, -0.25) is 4.79 Å². The van der Waals surface area contributed by atoms with Crippen LogP contribution in [-0.2, 0) is 17.8 Å². The van der Waals surface area contributed by atoms with E-state index in [-0.39, 0.29) is 5.91 Å². The molecule has 0 aliphatic heterocycles. The van der Waals surface area contributed by atoms with Crippen LogP contribution in [0.2, 0.25) is 0 Å². The molecule has 0 atom stereocenters. The minimum atomic E-state index is -0.0963. The first-order valence-electron chi connectivity index (χ1n) is 9.33. The summed E-state index contributed by atoms with van der Waals surface area (Å²) in [6, 6.07) is 13.3. The molecule has 2 aromatic rings. The van der Waals surface area contributed by atoms with Crippen LogP contribution in [0.15, 0.2) is 42.5 Å². The molecule has 0 fully saturated rings. The molecule has 0 saturated heterocycles. The molecule has 27 heavy (non-hydrogen) atoms. The Bertz CT molecular complexity index is 713. The summed E-state index contributed by atoms with van der Waals surface area (Å²) in [6.45, 7) is 3.84. The van der Waals surface area contributed by atoms with Gasteiger partial charge in [-0.25, -0.2) is 0 Å². The molecule has 0 aliphatic rings. The standard InChI is InChI=1S/C22H29NO4/c1-4-5-14-27-16-19-15-18(8-11-21(19)26-3)22(24)23-13-12-17-6-9-20(25-2)10-7-17/h6-11,15H,4-5,12-14,16H2,1-3H3,(H,23,24). The number of carbonyl (C=O) groups is 1. The fourth-order valence-electron chi connectivity index (χ4n) is 2.68. The number of nitrogens with one attached hydrogen (secondary N) is 1. The summed E-state index contributed by atoms with van der Waals surface area (Å²) in [6.07, 6.45) is 2.88. The van der Waals surface area contributed by atoms with Gasteiger partial charge in [0.15, 0.2) is 0 Å². The summed E-state index contributed by atoms with van der Waals surface area (Å²) in [5.74, 6) is 1.47. The molecule has 2 rings (SSSR count). The van der Waals surface area contributed by atoms with Crippen LogP contribution in [0.3, 0.4) is 0 Å². The van der Waals surface area contributed by atoms with Gasteiger partial charge in [0.05, 0.1) is 20.8 Å². The molecule has 0 unspecified atom stereocenters. The topological polar surface area (TPSA) is 56.8 Å². The summed E-state index contributed by atoms with van der Waals surface area (Å²) < 4.78 is 16.2. The number of methoxy groups -OCH3 is 2. The first-order chi connectivity index (χ1) is 13.2. The van der Waals surface area contributed by atoms with E-state index in [0.29, 0.717) is 25.3 Å². The van der Waals surface area contributed by atoms with Crippen LogP contribution in [-0.4, -0.2) is 33.3 Å². The lowest BCUT2D eigenvalue weighted by atomic mass is 10.1. The molecule has 1 N–H and O–H groups in total. The zero-order chi connectivity index (χ0) is 19.5. The minimum Gasteiger partial charge on any atom is -0.497 e. The molecule has 5 nitrogen and oxygen atoms in total. The Morgan fingerprint density at radius 1 is 1.04 bits per heavy atom. The van der Waals surface area contributed by atoms with E-state index in [2.05, 4.69) is 12.2 Å². The Kier molecular flexibility index (Phi) is 8.65. The Hall–Kier alpha value is -2.53. The van der Waals surface area contributed by atoms with Gasteiger partial charge in [0.25, 0.3) is 5.91 Å².